The molecule has 0 bridgehead atoms. The van der Waals surface area contributed by atoms with Crippen molar-refractivity contribution in [2.45, 2.75) is 18.9 Å². The Kier molecular flexibility index (Phi) is 3.57. The molecule has 2 aromatic carbocycles. The van der Waals surface area contributed by atoms with E-state index in [4.69, 9.17) is 9.47 Å². The molecule has 1 aliphatic carbocycles. The fourth-order valence-corrected chi connectivity index (χ4v) is 3.37. The van der Waals surface area contributed by atoms with Crippen LogP contribution in [0.1, 0.15) is 45.2 Å². The topological polar surface area (TPSA) is 72.8 Å². The molecule has 0 aromatic heterocycles. The van der Waals surface area contributed by atoms with Gasteiger partial charge in [-0.05, 0) is 36.6 Å². The molecule has 5 heteroatoms. The minimum absolute atomic E-state index is 0.0293. The lowest BCUT2D eigenvalue weighted by Crippen LogP contribution is -2.28. The molecule has 1 N–H and O–H groups in total. The molecule has 0 saturated heterocycles. The van der Waals surface area contributed by atoms with Crippen molar-refractivity contribution in [3.8, 4) is 11.5 Å². The zero-order chi connectivity index (χ0) is 17.6. The van der Waals surface area contributed by atoms with E-state index in [-0.39, 0.29) is 34.5 Å². The Balaban J connectivity index is 1.70. The number of ketones is 2. The summed E-state index contributed by atoms with van der Waals surface area (Å²) in [6.45, 7) is 0. The fraction of sp³-hybridized carbons (Fsp3) is 0.200. The van der Waals surface area contributed by atoms with Gasteiger partial charge in [0.15, 0.2) is 11.5 Å². The monoisotopic (exact) mass is 336 g/mol. The van der Waals surface area contributed by atoms with Crippen molar-refractivity contribution < 1.29 is 24.2 Å². The maximum absolute atomic E-state index is 12.8. The third kappa shape index (κ3) is 2.39. The number of ether oxygens (including phenoxy) is 2. The van der Waals surface area contributed by atoms with Crippen LogP contribution >= 0.6 is 0 Å². The van der Waals surface area contributed by atoms with Crippen molar-refractivity contribution in [1.82, 2.24) is 0 Å². The first-order chi connectivity index (χ1) is 12.1. The maximum atomic E-state index is 12.8. The van der Waals surface area contributed by atoms with Crippen LogP contribution in [0.5, 0.6) is 11.5 Å². The number of methoxy groups -OCH3 is 1. The number of rotatable bonds is 2. The third-order valence-corrected chi connectivity index (χ3v) is 4.67. The number of Topliss-reactive ketones (excluding diaryl/α,β-unsaturated/α-hetero) is 2. The summed E-state index contributed by atoms with van der Waals surface area (Å²) < 4.78 is 11.1. The van der Waals surface area contributed by atoms with Gasteiger partial charge in [-0.3, -0.25) is 9.59 Å². The van der Waals surface area contributed by atoms with Crippen molar-refractivity contribution in [3.63, 3.8) is 0 Å². The highest BCUT2D eigenvalue weighted by Gasteiger charge is 2.39. The average molecular weight is 336 g/mol. The first-order valence-corrected chi connectivity index (χ1v) is 8.05. The van der Waals surface area contributed by atoms with Gasteiger partial charge in [0.25, 0.3) is 0 Å². The average Bonchev–Trinajstić information content (AvgIpc) is 2.65. The van der Waals surface area contributed by atoms with E-state index >= 15 is 0 Å². The normalized spacial score (nSPS) is 19.2. The molecule has 2 aliphatic rings. The van der Waals surface area contributed by atoms with E-state index < -0.39 is 5.78 Å². The Bertz CT molecular complexity index is 908. The summed E-state index contributed by atoms with van der Waals surface area (Å²) in [5.74, 6) is -0.0690. The molecule has 1 unspecified atom stereocenters. The van der Waals surface area contributed by atoms with Gasteiger partial charge in [-0.1, -0.05) is 24.3 Å². The molecule has 25 heavy (non-hydrogen) atoms. The van der Waals surface area contributed by atoms with Gasteiger partial charge in [0, 0.05) is 11.1 Å². The summed E-state index contributed by atoms with van der Waals surface area (Å²) in [4.78, 5) is 25.4. The number of hydrogen-bond acceptors (Lipinski definition) is 5. The minimum Gasteiger partial charge on any atom is -0.507 e. The number of phenolic OH excluding ortho intramolecular Hbond substituents is 1. The second kappa shape index (κ2) is 5.77. The Morgan fingerprint density at radius 3 is 2.56 bits per heavy atom. The summed E-state index contributed by atoms with van der Waals surface area (Å²) in [5.41, 5.74) is 1.58. The van der Waals surface area contributed by atoms with Gasteiger partial charge in [-0.25, -0.2) is 0 Å². The molecule has 0 amide bonds. The number of benzene rings is 2. The summed E-state index contributed by atoms with van der Waals surface area (Å²) >= 11 is 0. The number of carbonyl (C=O) groups excluding carboxylic acids is 2. The van der Waals surface area contributed by atoms with Crippen LogP contribution in [0.15, 0.2) is 53.8 Å². The summed E-state index contributed by atoms with van der Waals surface area (Å²) in [6.07, 6.45) is 0.762. The van der Waals surface area contributed by atoms with Crippen LogP contribution in [-0.2, 0) is 4.74 Å². The van der Waals surface area contributed by atoms with E-state index in [0.717, 1.165) is 11.3 Å². The summed E-state index contributed by atoms with van der Waals surface area (Å²) in [5, 5.41) is 10.0. The van der Waals surface area contributed by atoms with Crippen molar-refractivity contribution in [2.24, 2.45) is 0 Å². The fourth-order valence-electron chi connectivity index (χ4n) is 3.37. The minimum atomic E-state index is -0.430. The number of hydrogen-bond donors (Lipinski definition) is 1. The van der Waals surface area contributed by atoms with E-state index in [9.17, 15) is 14.7 Å². The molecular weight excluding hydrogens is 320 g/mol. The molecule has 1 atom stereocenters. The van der Waals surface area contributed by atoms with E-state index in [1.54, 1.807) is 19.2 Å². The lowest BCUT2D eigenvalue weighted by atomic mass is 9.83. The molecular formula is C20H16O5. The molecule has 4 rings (SSSR count). The molecule has 2 aromatic rings. The predicted octanol–water partition coefficient (Wildman–Crippen LogP) is 3.59. The first kappa shape index (κ1) is 15.4. The zero-order valence-corrected chi connectivity index (χ0v) is 13.6. The van der Waals surface area contributed by atoms with Crippen molar-refractivity contribution in [1.29, 1.82) is 0 Å². The lowest BCUT2D eigenvalue weighted by molar-refractivity contribution is 0.0617. The van der Waals surface area contributed by atoms with Crippen molar-refractivity contribution >= 4 is 11.6 Å². The highest BCUT2D eigenvalue weighted by Crippen LogP contribution is 2.41. The molecule has 0 saturated carbocycles. The number of fused-ring (bicyclic) bond motifs is 1. The largest absolute Gasteiger partial charge is 0.507 e. The molecule has 5 nitrogen and oxygen atoms in total. The molecule has 0 radical (unpaired) electrons. The number of phenols is 1. The number of allylic oxidation sites excluding steroid dienone is 2. The second-order valence-corrected chi connectivity index (χ2v) is 6.08. The van der Waals surface area contributed by atoms with E-state index in [1.807, 2.05) is 24.3 Å². The number of aromatic hydroxyl groups is 1. The maximum Gasteiger partial charge on any atom is 0.232 e. The smallest absolute Gasteiger partial charge is 0.232 e. The highest BCUT2D eigenvalue weighted by atomic mass is 16.5. The molecule has 126 valence electrons. The van der Waals surface area contributed by atoms with Crippen molar-refractivity contribution in [3.05, 3.63) is 70.5 Å². The predicted molar refractivity (Wildman–Crippen MR) is 89.8 cm³/mol. The number of carbonyl (C=O) groups is 2. The van der Waals surface area contributed by atoms with Crippen LogP contribution in [-0.4, -0.2) is 23.8 Å². The first-order valence-electron chi connectivity index (χ1n) is 8.05. The van der Waals surface area contributed by atoms with Crippen LogP contribution in [0.2, 0.25) is 0 Å². The summed E-state index contributed by atoms with van der Waals surface area (Å²) in [7, 11) is 1.60. The van der Waals surface area contributed by atoms with Gasteiger partial charge in [-0.2, -0.15) is 0 Å². The van der Waals surface area contributed by atoms with Gasteiger partial charge < -0.3 is 14.6 Å². The van der Waals surface area contributed by atoms with Gasteiger partial charge in [0.1, 0.15) is 17.6 Å². The Morgan fingerprint density at radius 2 is 1.84 bits per heavy atom. The SMILES string of the molecule is COc1ccc(C2CCC3=C(O2)C(=O)c2c(O)cccc2C3=O)cc1. The van der Waals surface area contributed by atoms with E-state index in [2.05, 4.69) is 0 Å². The van der Waals surface area contributed by atoms with Crippen LogP contribution in [0, 0.1) is 0 Å². The van der Waals surface area contributed by atoms with Gasteiger partial charge in [-0.15, -0.1) is 0 Å². The van der Waals surface area contributed by atoms with Crippen LogP contribution in [0.3, 0.4) is 0 Å². The molecule has 1 heterocycles. The van der Waals surface area contributed by atoms with Crippen LogP contribution in [0.25, 0.3) is 0 Å². The molecule has 1 aliphatic heterocycles. The highest BCUT2D eigenvalue weighted by molar-refractivity contribution is 6.27. The third-order valence-electron chi connectivity index (χ3n) is 4.67. The van der Waals surface area contributed by atoms with Crippen molar-refractivity contribution in [2.75, 3.05) is 7.11 Å². The lowest BCUT2D eigenvalue weighted by Gasteiger charge is -2.30. The van der Waals surface area contributed by atoms with E-state index in [1.165, 1.54) is 6.07 Å². The Hall–Kier alpha value is -3.08. The Morgan fingerprint density at radius 1 is 1.08 bits per heavy atom. The van der Waals surface area contributed by atoms with E-state index in [0.29, 0.717) is 18.4 Å². The van der Waals surface area contributed by atoms with Crippen LogP contribution in [0.4, 0.5) is 0 Å². The van der Waals surface area contributed by atoms with Gasteiger partial charge in [0.05, 0.1) is 12.7 Å². The van der Waals surface area contributed by atoms with Gasteiger partial charge in [0.2, 0.25) is 5.78 Å². The zero-order valence-electron chi connectivity index (χ0n) is 13.6. The molecule has 0 fully saturated rings. The molecule has 0 spiro atoms. The van der Waals surface area contributed by atoms with Crippen LogP contribution < -0.4 is 4.74 Å². The quantitative estimate of drug-likeness (QED) is 0.907. The Labute approximate surface area is 144 Å². The second-order valence-electron chi connectivity index (χ2n) is 6.08. The summed E-state index contributed by atoms with van der Waals surface area (Å²) in [6, 6.07) is 12.0. The van der Waals surface area contributed by atoms with Gasteiger partial charge >= 0.3 is 0 Å². The standard InChI is InChI=1S/C20H16O5/c1-24-12-7-5-11(6-8-12)16-10-9-14-18(22)13-3-2-4-15(21)17(13)19(23)20(14)25-16/h2-8,16,21H,9-10H2,1H3.